The number of hydrogen-bond acceptors (Lipinski definition) is 0. The van der Waals surface area contributed by atoms with Gasteiger partial charge in [-0.25, -0.2) is 0 Å². The summed E-state index contributed by atoms with van der Waals surface area (Å²) < 4.78 is 0. The molecule has 0 heterocycles. The van der Waals surface area contributed by atoms with Gasteiger partial charge in [-0.15, -0.1) is 0 Å². The Morgan fingerprint density at radius 1 is 1.33 bits per heavy atom. The van der Waals surface area contributed by atoms with Gasteiger partial charge in [0.25, 0.3) is 0 Å². The minimum Gasteiger partial charge on any atom is -0.0840 e. The third-order valence-electron chi connectivity index (χ3n) is 2.72. The van der Waals surface area contributed by atoms with Crippen LogP contribution in [0, 0.1) is 5.92 Å². The molecule has 1 fully saturated rings. The second-order valence-electron chi connectivity index (χ2n) is 3.65. The number of rotatable bonds is 2. The van der Waals surface area contributed by atoms with Crippen LogP contribution >= 0.6 is 11.6 Å². The molecule has 1 aliphatic rings. The van der Waals surface area contributed by atoms with Gasteiger partial charge in [-0.2, -0.15) is 0 Å². The molecule has 0 radical (unpaired) electrons. The molecular formula is C11H13Cl. The summed E-state index contributed by atoms with van der Waals surface area (Å²) in [5.41, 5.74) is 1.32. The second kappa shape index (κ2) is 3.10. The Bertz CT molecular complexity index is 276. The minimum absolute atomic E-state index is 0.652. The van der Waals surface area contributed by atoms with Crippen LogP contribution in [0.3, 0.4) is 0 Å². The molecule has 0 nitrogen and oxygen atoms in total. The smallest absolute Gasteiger partial charge is 0.0440 e. The van der Waals surface area contributed by atoms with Crippen LogP contribution in [0.4, 0.5) is 0 Å². The van der Waals surface area contributed by atoms with E-state index in [1.54, 1.807) is 0 Å². The Kier molecular flexibility index (Phi) is 2.10. The van der Waals surface area contributed by atoms with Gasteiger partial charge in [0.2, 0.25) is 0 Å². The molecule has 1 aromatic rings. The summed E-state index contributed by atoms with van der Waals surface area (Å²) in [5, 5.41) is 0.928. The Labute approximate surface area is 78.6 Å². The van der Waals surface area contributed by atoms with E-state index in [4.69, 9.17) is 11.6 Å². The van der Waals surface area contributed by atoms with Gasteiger partial charge in [0.15, 0.2) is 0 Å². The van der Waals surface area contributed by atoms with Crippen LogP contribution in [-0.4, -0.2) is 0 Å². The topological polar surface area (TPSA) is 0 Å². The van der Waals surface area contributed by atoms with Crippen LogP contribution in [0.15, 0.2) is 24.3 Å². The van der Waals surface area contributed by atoms with Crippen LogP contribution < -0.4 is 0 Å². The summed E-state index contributed by atoms with van der Waals surface area (Å²) in [6, 6.07) is 8.19. The van der Waals surface area contributed by atoms with E-state index in [1.165, 1.54) is 18.4 Å². The van der Waals surface area contributed by atoms with Crippen LogP contribution in [0.5, 0.6) is 0 Å². The first-order chi connectivity index (χ1) is 5.79. The van der Waals surface area contributed by atoms with Crippen molar-refractivity contribution in [1.82, 2.24) is 0 Å². The molecule has 0 aromatic heterocycles. The quantitative estimate of drug-likeness (QED) is 0.649. The Hall–Kier alpha value is -0.490. The van der Waals surface area contributed by atoms with Crippen molar-refractivity contribution >= 4 is 11.6 Å². The SMILES string of the molecule is C[C@H](c1ccccc1Cl)C1CC1. The van der Waals surface area contributed by atoms with Crippen molar-refractivity contribution in [2.24, 2.45) is 5.92 Å². The molecular weight excluding hydrogens is 168 g/mol. The lowest BCUT2D eigenvalue weighted by atomic mass is 9.96. The van der Waals surface area contributed by atoms with E-state index in [2.05, 4.69) is 19.1 Å². The maximum atomic E-state index is 6.09. The minimum atomic E-state index is 0.652. The van der Waals surface area contributed by atoms with E-state index in [-0.39, 0.29) is 0 Å². The summed E-state index contributed by atoms with van der Waals surface area (Å²) >= 11 is 6.09. The lowest BCUT2D eigenvalue weighted by molar-refractivity contribution is 0.664. The predicted octanol–water partition coefficient (Wildman–Crippen LogP) is 3.85. The predicted molar refractivity (Wildman–Crippen MR) is 52.6 cm³/mol. The molecule has 0 spiro atoms. The highest BCUT2D eigenvalue weighted by Gasteiger charge is 2.29. The first-order valence-corrected chi connectivity index (χ1v) is 4.91. The van der Waals surface area contributed by atoms with Crippen molar-refractivity contribution in [2.75, 3.05) is 0 Å². The van der Waals surface area contributed by atoms with Crippen LogP contribution in [0.25, 0.3) is 0 Å². The van der Waals surface area contributed by atoms with Crippen LogP contribution in [-0.2, 0) is 0 Å². The van der Waals surface area contributed by atoms with E-state index >= 15 is 0 Å². The fourth-order valence-corrected chi connectivity index (χ4v) is 2.00. The third-order valence-corrected chi connectivity index (χ3v) is 3.07. The molecule has 1 atom stereocenters. The van der Waals surface area contributed by atoms with Gasteiger partial charge < -0.3 is 0 Å². The number of benzene rings is 1. The lowest BCUT2D eigenvalue weighted by Crippen LogP contribution is -1.95. The Morgan fingerprint density at radius 3 is 2.58 bits per heavy atom. The highest BCUT2D eigenvalue weighted by molar-refractivity contribution is 6.31. The zero-order valence-corrected chi connectivity index (χ0v) is 8.01. The Balaban J connectivity index is 2.25. The van der Waals surface area contributed by atoms with Crippen molar-refractivity contribution in [1.29, 1.82) is 0 Å². The average molecular weight is 181 g/mol. The highest BCUT2D eigenvalue weighted by Crippen LogP contribution is 2.43. The second-order valence-corrected chi connectivity index (χ2v) is 4.05. The molecule has 0 N–H and O–H groups in total. The van der Waals surface area contributed by atoms with E-state index in [0.717, 1.165) is 10.9 Å². The van der Waals surface area contributed by atoms with E-state index < -0.39 is 0 Å². The van der Waals surface area contributed by atoms with E-state index in [9.17, 15) is 0 Å². The fourth-order valence-electron chi connectivity index (χ4n) is 1.69. The van der Waals surface area contributed by atoms with Crippen molar-refractivity contribution in [2.45, 2.75) is 25.7 Å². The van der Waals surface area contributed by atoms with Crippen LogP contribution in [0.2, 0.25) is 5.02 Å². The average Bonchev–Trinajstić information content (AvgIpc) is 2.86. The van der Waals surface area contributed by atoms with Gasteiger partial charge in [0, 0.05) is 5.02 Å². The summed E-state index contributed by atoms with van der Waals surface area (Å²) in [6.45, 7) is 2.28. The van der Waals surface area contributed by atoms with E-state index in [1.807, 2.05) is 12.1 Å². The third kappa shape index (κ3) is 1.49. The fraction of sp³-hybridized carbons (Fsp3) is 0.455. The normalized spacial score (nSPS) is 19.2. The molecule has 2 rings (SSSR count). The van der Waals surface area contributed by atoms with Crippen molar-refractivity contribution in [3.8, 4) is 0 Å². The maximum Gasteiger partial charge on any atom is 0.0440 e. The van der Waals surface area contributed by atoms with Crippen molar-refractivity contribution in [3.63, 3.8) is 0 Å². The van der Waals surface area contributed by atoms with E-state index in [0.29, 0.717) is 5.92 Å². The van der Waals surface area contributed by atoms with Crippen molar-refractivity contribution < 1.29 is 0 Å². The zero-order valence-electron chi connectivity index (χ0n) is 7.26. The van der Waals surface area contributed by atoms with Crippen LogP contribution in [0.1, 0.15) is 31.2 Å². The summed E-state index contributed by atoms with van der Waals surface area (Å²) in [6.07, 6.45) is 2.76. The molecule has 1 saturated carbocycles. The summed E-state index contributed by atoms with van der Waals surface area (Å²) in [4.78, 5) is 0. The molecule has 0 amide bonds. The number of hydrogen-bond donors (Lipinski definition) is 0. The molecule has 0 saturated heterocycles. The van der Waals surface area contributed by atoms with Crippen molar-refractivity contribution in [3.05, 3.63) is 34.9 Å². The van der Waals surface area contributed by atoms with Gasteiger partial charge in [-0.05, 0) is 36.3 Å². The molecule has 0 unspecified atom stereocenters. The van der Waals surface area contributed by atoms with Gasteiger partial charge in [-0.1, -0.05) is 36.7 Å². The van der Waals surface area contributed by atoms with Gasteiger partial charge in [-0.3, -0.25) is 0 Å². The molecule has 0 aliphatic heterocycles. The molecule has 1 heteroatoms. The molecule has 64 valence electrons. The van der Waals surface area contributed by atoms with Gasteiger partial charge >= 0.3 is 0 Å². The number of halogens is 1. The van der Waals surface area contributed by atoms with Gasteiger partial charge in [0.1, 0.15) is 0 Å². The first kappa shape index (κ1) is 8.12. The molecule has 0 bridgehead atoms. The molecule has 1 aliphatic carbocycles. The summed E-state index contributed by atoms with van der Waals surface area (Å²) in [7, 11) is 0. The zero-order chi connectivity index (χ0) is 8.55. The monoisotopic (exact) mass is 180 g/mol. The van der Waals surface area contributed by atoms with Gasteiger partial charge in [0.05, 0.1) is 0 Å². The highest BCUT2D eigenvalue weighted by atomic mass is 35.5. The first-order valence-electron chi connectivity index (χ1n) is 4.53. The summed E-state index contributed by atoms with van der Waals surface area (Å²) in [5.74, 6) is 1.54. The molecule has 1 aromatic carbocycles. The largest absolute Gasteiger partial charge is 0.0840 e. The lowest BCUT2D eigenvalue weighted by Gasteiger charge is -2.11. The maximum absolute atomic E-state index is 6.09. The molecule has 12 heavy (non-hydrogen) atoms. The standard InChI is InChI=1S/C11H13Cl/c1-8(9-6-7-9)10-4-2-3-5-11(10)12/h2-5,8-9H,6-7H2,1H3/t8-/m0/s1. The Morgan fingerprint density at radius 2 is 2.00 bits per heavy atom.